The highest BCUT2D eigenvalue weighted by atomic mass is 35.5. The Bertz CT molecular complexity index is 510. The summed E-state index contributed by atoms with van der Waals surface area (Å²) in [5.41, 5.74) is 1.23. The molecular weight excluding hydrogens is 279 g/mol. The standard InChI is InChI=1S/C15H18N2.2ClH/c1-2-6-14-11-17-15(9-13(14)5-1)8-12-4-3-7-16-10-12;;/h1-2,5-6,9,11-12,16H,3-4,7-8,10H2;2*1H. The summed E-state index contributed by atoms with van der Waals surface area (Å²) < 4.78 is 0. The third-order valence-electron chi connectivity index (χ3n) is 3.58. The average Bonchev–Trinajstić information content (AvgIpc) is 2.40. The maximum Gasteiger partial charge on any atom is 0.0413 e. The van der Waals surface area contributed by atoms with Gasteiger partial charge in [-0.05, 0) is 49.7 Å². The van der Waals surface area contributed by atoms with Crippen LogP contribution < -0.4 is 5.32 Å². The summed E-state index contributed by atoms with van der Waals surface area (Å²) >= 11 is 0. The first-order chi connectivity index (χ1) is 8.42. The van der Waals surface area contributed by atoms with Gasteiger partial charge < -0.3 is 5.32 Å². The maximum atomic E-state index is 4.57. The van der Waals surface area contributed by atoms with Crippen LogP contribution in [0.4, 0.5) is 0 Å². The van der Waals surface area contributed by atoms with Crippen molar-refractivity contribution >= 4 is 35.6 Å². The van der Waals surface area contributed by atoms with Gasteiger partial charge in [0.05, 0.1) is 0 Å². The van der Waals surface area contributed by atoms with Crippen molar-refractivity contribution in [2.75, 3.05) is 13.1 Å². The van der Waals surface area contributed by atoms with Gasteiger partial charge in [0.15, 0.2) is 0 Å². The van der Waals surface area contributed by atoms with Crippen molar-refractivity contribution in [2.24, 2.45) is 5.92 Å². The van der Waals surface area contributed by atoms with Crippen LogP contribution in [0, 0.1) is 5.92 Å². The highest BCUT2D eigenvalue weighted by molar-refractivity contribution is 5.85. The van der Waals surface area contributed by atoms with Crippen molar-refractivity contribution in [1.29, 1.82) is 0 Å². The summed E-state index contributed by atoms with van der Waals surface area (Å²) in [5.74, 6) is 0.761. The summed E-state index contributed by atoms with van der Waals surface area (Å²) in [6, 6.07) is 10.7. The van der Waals surface area contributed by atoms with Gasteiger partial charge >= 0.3 is 0 Å². The molecule has 0 spiro atoms. The maximum absolute atomic E-state index is 4.57. The van der Waals surface area contributed by atoms with Crippen molar-refractivity contribution < 1.29 is 0 Å². The highest BCUT2D eigenvalue weighted by Gasteiger charge is 2.14. The number of hydrogen-bond acceptors (Lipinski definition) is 2. The van der Waals surface area contributed by atoms with Crippen LogP contribution in [0.3, 0.4) is 0 Å². The van der Waals surface area contributed by atoms with Crippen LogP contribution in [0.5, 0.6) is 0 Å². The topological polar surface area (TPSA) is 24.9 Å². The van der Waals surface area contributed by atoms with Gasteiger partial charge in [-0.3, -0.25) is 4.98 Å². The van der Waals surface area contributed by atoms with Crippen molar-refractivity contribution in [3.05, 3.63) is 42.2 Å². The number of fused-ring (bicyclic) bond motifs is 1. The molecule has 1 aliphatic heterocycles. The van der Waals surface area contributed by atoms with Gasteiger partial charge in [0.1, 0.15) is 0 Å². The first-order valence-corrected chi connectivity index (χ1v) is 6.46. The van der Waals surface area contributed by atoms with Gasteiger partial charge in [-0.25, -0.2) is 0 Å². The minimum atomic E-state index is 0. The largest absolute Gasteiger partial charge is 0.316 e. The quantitative estimate of drug-likeness (QED) is 0.916. The van der Waals surface area contributed by atoms with Gasteiger partial charge in [0.25, 0.3) is 0 Å². The SMILES string of the molecule is Cl.Cl.c1ccc2cc(CC3CCCNC3)ncc2c1. The molecule has 19 heavy (non-hydrogen) atoms. The van der Waals surface area contributed by atoms with E-state index in [9.17, 15) is 0 Å². The Morgan fingerprint density at radius 1 is 1.16 bits per heavy atom. The summed E-state index contributed by atoms with van der Waals surface area (Å²) in [7, 11) is 0. The summed E-state index contributed by atoms with van der Waals surface area (Å²) in [5, 5.41) is 6.01. The molecular formula is C15H20Cl2N2. The van der Waals surface area contributed by atoms with Crippen LogP contribution in [-0.4, -0.2) is 18.1 Å². The zero-order valence-electron chi connectivity index (χ0n) is 10.8. The molecule has 2 heterocycles. The Hall–Kier alpha value is -0.830. The number of aromatic nitrogens is 1. The predicted molar refractivity (Wildman–Crippen MR) is 85.5 cm³/mol. The van der Waals surface area contributed by atoms with E-state index in [1.54, 1.807) is 0 Å². The number of hydrogen-bond donors (Lipinski definition) is 1. The van der Waals surface area contributed by atoms with Gasteiger partial charge in [0, 0.05) is 17.3 Å². The number of pyridine rings is 1. The Kier molecular flexibility index (Phi) is 6.56. The van der Waals surface area contributed by atoms with E-state index in [1.807, 2.05) is 6.20 Å². The third kappa shape index (κ3) is 4.07. The van der Waals surface area contributed by atoms with Crippen molar-refractivity contribution in [2.45, 2.75) is 19.3 Å². The number of benzene rings is 1. The molecule has 1 atom stereocenters. The van der Waals surface area contributed by atoms with E-state index in [0.29, 0.717) is 0 Å². The third-order valence-corrected chi connectivity index (χ3v) is 3.58. The zero-order chi connectivity index (χ0) is 11.5. The fraction of sp³-hybridized carbons (Fsp3) is 0.400. The molecule has 0 radical (unpaired) electrons. The fourth-order valence-electron chi connectivity index (χ4n) is 2.63. The molecule has 1 aliphatic rings. The van der Waals surface area contributed by atoms with E-state index < -0.39 is 0 Å². The molecule has 4 heteroatoms. The minimum absolute atomic E-state index is 0. The Balaban J connectivity index is 0.000000902. The first-order valence-electron chi connectivity index (χ1n) is 6.46. The normalized spacial score (nSPS) is 18.4. The van der Waals surface area contributed by atoms with E-state index >= 15 is 0 Å². The fourth-order valence-corrected chi connectivity index (χ4v) is 2.63. The van der Waals surface area contributed by atoms with Crippen LogP contribution >= 0.6 is 24.8 Å². The van der Waals surface area contributed by atoms with Gasteiger partial charge in [-0.15, -0.1) is 24.8 Å². The van der Waals surface area contributed by atoms with E-state index in [4.69, 9.17) is 0 Å². The van der Waals surface area contributed by atoms with Crippen LogP contribution in [0.2, 0.25) is 0 Å². The van der Waals surface area contributed by atoms with Crippen LogP contribution in [0.1, 0.15) is 18.5 Å². The molecule has 2 aromatic rings. The molecule has 1 fully saturated rings. The molecule has 1 saturated heterocycles. The lowest BCUT2D eigenvalue weighted by molar-refractivity contribution is 0.374. The Morgan fingerprint density at radius 2 is 1.95 bits per heavy atom. The van der Waals surface area contributed by atoms with Crippen LogP contribution in [0.15, 0.2) is 36.5 Å². The number of halogens is 2. The van der Waals surface area contributed by atoms with Gasteiger partial charge in [0.2, 0.25) is 0 Å². The van der Waals surface area contributed by atoms with Crippen LogP contribution in [0.25, 0.3) is 10.8 Å². The van der Waals surface area contributed by atoms with E-state index in [2.05, 4.69) is 40.6 Å². The highest BCUT2D eigenvalue weighted by Crippen LogP contribution is 2.18. The van der Waals surface area contributed by atoms with Crippen LogP contribution in [-0.2, 0) is 6.42 Å². The number of piperidine rings is 1. The molecule has 0 bridgehead atoms. The predicted octanol–water partition coefficient (Wildman–Crippen LogP) is 3.62. The average molecular weight is 299 g/mol. The second kappa shape index (κ2) is 7.68. The second-order valence-electron chi connectivity index (χ2n) is 4.94. The molecule has 0 aliphatic carbocycles. The van der Waals surface area contributed by atoms with E-state index in [1.165, 1.54) is 35.9 Å². The molecule has 104 valence electrons. The Morgan fingerprint density at radius 3 is 2.68 bits per heavy atom. The molecule has 0 saturated carbocycles. The lowest BCUT2D eigenvalue weighted by atomic mass is 9.94. The summed E-state index contributed by atoms with van der Waals surface area (Å²) in [4.78, 5) is 4.57. The molecule has 0 amide bonds. The van der Waals surface area contributed by atoms with Crippen molar-refractivity contribution in [3.8, 4) is 0 Å². The second-order valence-corrected chi connectivity index (χ2v) is 4.94. The summed E-state index contributed by atoms with van der Waals surface area (Å²) in [6.45, 7) is 2.33. The number of nitrogens with zero attached hydrogens (tertiary/aromatic N) is 1. The molecule has 1 unspecified atom stereocenters. The van der Waals surface area contributed by atoms with Crippen molar-refractivity contribution in [1.82, 2.24) is 10.3 Å². The Labute approximate surface area is 126 Å². The molecule has 1 aromatic carbocycles. The van der Waals surface area contributed by atoms with Gasteiger partial charge in [-0.2, -0.15) is 0 Å². The van der Waals surface area contributed by atoms with E-state index in [-0.39, 0.29) is 24.8 Å². The first kappa shape index (κ1) is 16.2. The number of nitrogens with one attached hydrogen (secondary N) is 1. The zero-order valence-corrected chi connectivity index (χ0v) is 12.5. The molecule has 2 nitrogen and oxygen atoms in total. The minimum Gasteiger partial charge on any atom is -0.316 e. The monoisotopic (exact) mass is 298 g/mol. The molecule has 1 aromatic heterocycles. The van der Waals surface area contributed by atoms with E-state index in [0.717, 1.165) is 18.9 Å². The van der Waals surface area contributed by atoms with Gasteiger partial charge in [-0.1, -0.05) is 24.3 Å². The molecule has 1 N–H and O–H groups in total. The molecule has 3 rings (SSSR count). The number of rotatable bonds is 2. The lowest BCUT2D eigenvalue weighted by Gasteiger charge is -2.22. The van der Waals surface area contributed by atoms with Crippen molar-refractivity contribution in [3.63, 3.8) is 0 Å². The smallest absolute Gasteiger partial charge is 0.0413 e. The summed E-state index contributed by atoms with van der Waals surface area (Å²) in [6.07, 6.45) is 5.75. The lowest BCUT2D eigenvalue weighted by Crippen LogP contribution is -2.31.